The van der Waals surface area contributed by atoms with Gasteiger partial charge < -0.3 is 15.1 Å². The van der Waals surface area contributed by atoms with Crippen LogP contribution in [0.5, 0.6) is 0 Å². The molecule has 0 saturated carbocycles. The van der Waals surface area contributed by atoms with E-state index in [4.69, 9.17) is 4.42 Å². The van der Waals surface area contributed by atoms with Crippen LogP contribution in [0.4, 0.5) is 10.5 Å². The van der Waals surface area contributed by atoms with Gasteiger partial charge in [0.05, 0.1) is 12.2 Å². The van der Waals surface area contributed by atoms with Gasteiger partial charge in [-0.05, 0) is 31.2 Å². The minimum atomic E-state index is -0.285. The van der Waals surface area contributed by atoms with Gasteiger partial charge in [0.2, 0.25) is 11.8 Å². The molecule has 0 bridgehead atoms. The molecule has 8 heteroatoms. The quantitative estimate of drug-likeness (QED) is 0.768. The molecule has 3 rings (SSSR count). The molecule has 8 nitrogen and oxygen atoms in total. The highest BCUT2D eigenvalue weighted by Gasteiger charge is 2.11. The van der Waals surface area contributed by atoms with E-state index in [2.05, 4.69) is 25.9 Å². The second kappa shape index (κ2) is 6.53. The molecule has 0 spiro atoms. The highest BCUT2D eigenvalue weighted by molar-refractivity contribution is 5.89. The van der Waals surface area contributed by atoms with Gasteiger partial charge >= 0.3 is 6.03 Å². The number of hydrogen-bond donors (Lipinski definition) is 2. The van der Waals surface area contributed by atoms with Crippen LogP contribution >= 0.6 is 0 Å². The van der Waals surface area contributed by atoms with Crippen LogP contribution in [0.1, 0.15) is 24.4 Å². The van der Waals surface area contributed by atoms with Crippen molar-refractivity contribution in [1.82, 2.24) is 25.3 Å². The van der Waals surface area contributed by atoms with Crippen molar-refractivity contribution in [3.8, 4) is 11.5 Å². The zero-order valence-electron chi connectivity index (χ0n) is 13.6. The van der Waals surface area contributed by atoms with Gasteiger partial charge in [0.15, 0.2) is 0 Å². The maximum atomic E-state index is 12.1. The first kappa shape index (κ1) is 15.7. The normalized spacial score (nSPS) is 12.0. The molecule has 1 aromatic carbocycles. The number of nitrogens with one attached hydrogen (secondary N) is 2. The summed E-state index contributed by atoms with van der Waals surface area (Å²) in [5.41, 5.74) is 2.41. The van der Waals surface area contributed by atoms with Crippen molar-refractivity contribution in [2.24, 2.45) is 7.05 Å². The molecule has 0 fully saturated rings. The van der Waals surface area contributed by atoms with Crippen LogP contribution in [-0.4, -0.2) is 26.0 Å². The van der Waals surface area contributed by atoms with Crippen LogP contribution in [0.15, 0.2) is 41.1 Å². The second-order valence-corrected chi connectivity index (χ2v) is 5.47. The largest absolute Gasteiger partial charge is 0.421 e. The summed E-state index contributed by atoms with van der Waals surface area (Å²) >= 11 is 0. The minimum Gasteiger partial charge on any atom is -0.421 e. The summed E-state index contributed by atoms with van der Waals surface area (Å²) in [6.07, 6.45) is 3.60. The van der Waals surface area contributed by atoms with Crippen molar-refractivity contribution in [3.63, 3.8) is 0 Å². The van der Waals surface area contributed by atoms with Gasteiger partial charge in [-0.15, -0.1) is 10.2 Å². The fraction of sp³-hybridized carbons (Fsp3) is 0.250. The lowest BCUT2D eigenvalue weighted by atomic mass is 10.2. The Balaban J connectivity index is 1.60. The van der Waals surface area contributed by atoms with E-state index in [0.717, 1.165) is 11.1 Å². The van der Waals surface area contributed by atoms with Gasteiger partial charge in [0, 0.05) is 37.0 Å². The molecule has 2 amide bonds. The van der Waals surface area contributed by atoms with E-state index < -0.39 is 0 Å². The van der Waals surface area contributed by atoms with Crippen molar-refractivity contribution >= 4 is 11.7 Å². The summed E-state index contributed by atoms with van der Waals surface area (Å²) in [5.74, 6) is 0.963. The average molecular weight is 326 g/mol. The molecule has 0 radical (unpaired) electrons. The SMILES string of the molecule is Cc1nnc(-c2ccc(NC(=O)N[C@@H](C)c3cnn(C)c3)cc2)o1. The molecule has 0 aliphatic carbocycles. The fourth-order valence-corrected chi connectivity index (χ4v) is 2.22. The molecule has 2 aromatic heterocycles. The van der Waals surface area contributed by atoms with Gasteiger partial charge in [0.25, 0.3) is 0 Å². The van der Waals surface area contributed by atoms with Gasteiger partial charge in [-0.1, -0.05) is 0 Å². The van der Waals surface area contributed by atoms with Crippen molar-refractivity contribution in [2.75, 3.05) is 5.32 Å². The van der Waals surface area contributed by atoms with Gasteiger partial charge in [-0.25, -0.2) is 4.79 Å². The predicted octanol–water partition coefficient (Wildman–Crippen LogP) is 2.66. The Kier molecular flexibility index (Phi) is 4.28. The van der Waals surface area contributed by atoms with E-state index in [1.54, 1.807) is 29.9 Å². The van der Waals surface area contributed by atoms with E-state index in [-0.39, 0.29) is 12.1 Å². The minimum absolute atomic E-state index is 0.139. The summed E-state index contributed by atoms with van der Waals surface area (Å²) < 4.78 is 7.06. The maximum Gasteiger partial charge on any atom is 0.319 e. The van der Waals surface area contributed by atoms with Gasteiger partial charge in [0.1, 0.15) is 0 Å². The van der Waals surface area contributed by atoms with Crippen LogP contribution in [0.3, 0.4) is 0 Å². The predicted molar refractivity (Wildman–Crippen MR) is 88.2 cm³/mol. The summed E-state index contributed by atoms with van der Waals surface area (Å²) in [5, 5.41) is 17.5. The second-order valence-electron chi connectivity index (χ2n) is 5.47. The summed E-state index contributed by atoms with van der Waals surface area (Å²) in [4.78, 5) is 12.1. The average Bonchev–Trinajstić information content (AvgIpc) is 3.16. The first-order valence-corrected chi connectivity index (χ1v) is 7.48. The molecular weight excluding hydrogens is 308 g/mol. The number of carbonyl (C=O) groups excluding carboxylic acids is 1. The number of aromatic nitrogens is 4. The number of hydrogen-bond acceptors (Lipinski definition) is 5. The number of nitrogens with zero attached hydrogens (tertiary/aromatic N) is 4. The molecule has 0 unspecified atom stereocenters. The van der Waals surface area contributed by atoms with Gasteiger partial charge in [-0.2, -0.15) is 5.10 Å². The third kappa shape index (κ3) is 3.60. The van der Waals surface area contributed by atoms with Crippen LogP contribution in [-0.2, 0) is 7.05 Å². The molecule has 124 valence electrons. The number of carbonyl (C=O) groups is 1. The van der Waals surface area contributed by atoms with Crippen molar-refractivity contribution < 1.29 is 9.21 Å². The number of rotatable bonds is 4. The van der Waals surface area contributed by atoms with E-state index in [9.17, 15) is 4.79 Å². The monoisotopic (exact) mass is 326 g/mol. The Labute approximate surface area is 138 Å². The lowest BCUT2D eigenvalue weighted by Crippen LogP contribution is -2.30. The van der Waals surface area contributed by atoms with Crippen molar-refractivity contribution in [1.29, 1.82) is 0 Å². The first-order valence-electron chi connectivity index (χ1n) is 7.48. The zero-order valence-corrected chi connectivity index (χ0v) is 13.6. The molecule has 24 heavy (non-hydrogen) atoms. The first-order chi connectivity index (χ1) is 11.5. The standard InChI is InChI=1S/C16H18N6O2/c1-10(13-8-17-22(3)9-13)18-16(23)19-14-6-4-12(5-7-14)15-21-20-11(2)24-15/h4-10H,1-3H3,(H2,18,19,23)/t10-/m0/s1. The lowest BCUT2D eigenvalue weighted by molar-refractivity contribution is 0.249. The van der Waals surface area contributed by atoms with Crippen LogP contribution in [0, 0.1) is 6.92 Å². The maximum absolute atomic E-state index is 12.1. The summed E-state index contributed by atoms with van der Waals surface area (Å²) in [7, 11) is 1.84. The summed E-state index contributed by atoms with van der Waals surface area (Å²) in [6, 6.07) is 6.76. The molecule has 2 heterocycles. The Hall–Kier alpha value is -3.16. The number of anilines is 1. The third-order valence-corrected chi connectivity index (χ3v) is 3.49. The molecule has 0 aliphatic rings. The topological polar surface area (TPSA) is 97.9 Å². The molecule has 0 aliphatic heterocycles. The molecule has 3 aromatic rings. The van der Waals surface area contributed by atoms with Crippen LogP contribution in [0.2, 0.25) is 0 Å². The Morgan fingerprint density at radius 3 is 2.58 bits per heavy atom. The Bertz CT molecular complexity index is 836. The van der Waals surface area contributed by atoms with Crippen molar-refractivity contribution in [2.45, 2.75) is 19.9 Å². The number of amides is 2. The summed E-state index contributed by atoms with van der Waals surface area (Å²) in [6.45, 7) is 3.64. The number of urea groups is 1. The molecule has 1 atom stereocenters. The Morgan fingerprint density at radius 2 is 2.00 bits per heavy atom. The highest BCUT2D eigenvalue weighted by Crippen LogP contribution is 2.20. The zero-order chi connectivity index (χ0) is 17.1. The van der Waals surface area contributed by atoms with Gasteiger partial charge in [-0.3, -0.25) is 4.68 Å². The third-order valence-electron chi connectivity index (χ3n) is 3.49. The van der Waals surface area contributed by atoms with Crippen molar-refractivity contribution in [3.05, 3.63) is 48.1 Å². The Morgan fingerprint density at radius 1 is 1.25 bits per heavy atom. The van der Waals surface area contributed by atoms with E-state index in [0.29, 0.717) is 17.5 Å². The molecule has 2 N–H and O–H groups in total. The van der Waals surface area contributed by atoms with E-state index >= 15 is 0 Å². The number of benzene rings is 1. The fourth-order valence-electron chi connectivity index (χ4n) is 2.22. The number of aryl methyl sites for hydroxylation is 2. The van der Waals surface area contributed by atoms with E-state index in [1.165, 1.54) is 0 Å². The smallest absolute Gasteiger partial charge is 0.319 e. The molecule has 0 saturated heterocycles. The van der Waals surface area contributed by atoms with Crippen LogP contribution in [0.25, 0.3) is 11.5 Å². The highest BCUT2D eigenvalue weighted by atomic mass is 16.4. The van der Waals surface area contributed by atoms with Crippen LogP contribution < -0.4 is 10.6 Å². The van der Waals surface area contributed by atoms with E-state index in [1.807, 2.05) is 32.3 Å². The molecular formula is C16H18N6O2. The lowest BCUT2D eigenvalue weighted by Gasteiger charge is -2.13.